The fourth-order valence-corrected chi connectivity index (χ4v) is 2.57. The standard InChI is InChI=1S/C14H18ClFN2O2/c15-11-2-1-3-12(16)10(11)8-18-13(19)14(9-17)4-6-20-7-5-14/h1-3H,4-9,17H2,(H,18,19). The van der Waals surface area contributed by atoms with Crippen molar-refractivity contribution in [1.29, 1.82) is 0 Å². The van der Waals surface area contributed by atoms with Crippen LogP contribution in [0.5, 0.6) is 0 Å². The molecule has 1 aliphatic rings. The minimum atomic E-state index is -0.615. The summed E-state index contributed by atoms with van der Waals surface area (Å²) in [4.78, 5) is 12.3. The van der Waals surface area contributed by atoms with E-state index in [0.29, 0.717) is 36.6 Å². The smallest absolute Gasteiger partial charge is 0.227 e. The van der Waals surface area contributed by atoms with E-state index in [1.807, 2.05) is 0 Å². The predicted molar refractivity (Wildman–Crippen MR) is 74.8 cm³/mol. The van der Waals surface area contributed by atoms with Gasteiger partial charge in [0, 0.05) is 36.9 Å². The molecule has 0 unspecified atom stereocenters. The second kappa shape index (κ2) is 6.52. The molecular weight excluding hydrogens is 283 g/mol. The van der Waals surface area contributed by atoms with E-state index in [2.05, 4.69) is 5.32 Å². The number of benzene rings is 1. The van der Waals surface area contributed by atoms with Crippen LogP contribution >= 0.6 is 11.6 Å². The number of hydrogen-bond acceptors (Lipinski definition) is 3. The molecule has 1 aliphatic heterocycles. The number of carbonyl (C=O) groups is 1. The molecule has 1 saturated heterocycles. The quantitative estimate of drug-likeness (QED) is 0.892. The van der Waals surface area contributed by atoms with Gasteiger partial charge in [0.2, 0.25) is 5.91 Å². The van der Waals surface area contributed by atoms with Crippen LogP contribution in [0, 0.1) is 11.2 Å². The Morgan fingerprint density at radius 1 is 1.45 bits per heavy atom. The zero-order chi connectivity index (χ0) is 14.6. The third-order valence-corrected chi connectivity index (χ3v) is 4.16. The van der Waals surface area contributed by atoms with Crippen molar-refractivity contribution in [3.05, 3.63) is 34.6 Å². The second-order valence-corrected chi connectivity index (χ2v) is 5.39. The van der Waals surface area contributed by atoms with E-state index in [1.54, 1.807) is 6.07 Å². The largest absolute Gasteiger partial charge is 0.381 e. The molecule has 1 aromatic rings. The molecule has 0 aromatic heterocycles. The fourth-order valence-electron chi connectivity index (χ4n) is 2.34. The maximum atomic E-state index is 13.6. The monoisotopic (exact) mass is 300 g/mol. The van der Waals surface area contributed by atoms with E-state index in [1.165, 1.54) is 12.1 Å². The molecule has 0 spiro atoms. The van der Waals surface area contributed by atoms with Crippen LogP contribution < -0.4 is 11.1 Å². The van der Waals surface area contributed by atoms with Gasteiger partial charge in [-0.25, -0.2) is 4.39 Å². The Kier molecular flexibility index (Phi) is 4.96. The number of amides is 1. The van der Waals surface area contributed by atoms with Gasteiger partial charge in [0.1, 0.15) is 5.82 Å². The Morgan fingerprint density at radius 2 is 2.15 bits per heavy atom. The summed E-state index contributed by atoms with van der Waals surface area (Å²) in [6, 6.07) is 4.45. The lowest BCUT2D eigenvalue weighted by molar-refractivity contribution is -0.136. The van der Waals surface area contributed by atoms with Gasteiger partial charge in [0.05, 0.1) is 5.41 Å². The predicted octanol–water partition coefficient (Wildman–Crippen LogP) is 1.85. The average Bonchev–Trinajstić information content (AvgIpc) is 2.47. The molecule has 1 amide bonds. The van der Waals surface area contributed by atoms with Crippen molar-refractivity contribution in [2.45, 2.75) is 19.4 Å². The zero-order valence-electron chi connectivity index (χ0n) is 11.1. The number of nitrogens with two attached hydrogens (primary N) is 1. The number of carbonyl (C=O) groups excluding carboxylic acids is 1. The highest BCUT2D eigenvalue weighted by Crippen LogP contribution is 2.30. The van der Waals surface area contributed by atoms with Gasteiger partial charge in [-0.2, -0.15) is 0 Å². The summed E-state index contributed by atoms with van der Waals surface area (Å²) in [7, 11) is 0. The molecule has 3 N–H and O–H groups in total. The molecule has 110 valence electrons. The molecule has 0 atom stereocenters. The van der Waals surface area contributed by atoms with Gasteiger partial charge in [-0.05, 0) is 25.0 Å². The van der Waals surface area contributed by atoms with E-state index in [0.717, 1.165) is 0 Å². The summed E-state index contributed by atoms with van der Waals surface area (Å²) in [6.07, 6.45) is 1.17. The molecule has 1 heterocycles. The van der Waals surface area contributed by atoms with Gasteiger partial charge in [0.15, 0.2) is 0 Å². The van der Waals surface area contributed by atoms with Crippen LogP contribution in [-0.2, 0) is 16.1 Å². The number of halogens is 2. The van der Waals surface area contributed by atoms with Gasteiger partial charge in [0.25, 0.3) is 0 Å². The molecule has 20 heavy (non-hydrogen) atoms. The van der Waals surface area contributed by atoms with Crippen molar-refractivity contribution in [2.24, 2.45) is 11.1 Å². The highest BCUT2D eigenvalue weighted by Gasteiger charge is 2.38. The topological polar surface area (TPSA) is 64.4 Å². The summed E-state index contributed by atoms with van der Waals surface area (Å²) >= 11 is 5.93. The molecule has 6 heteroatoms. The van der Waals surface area contributed by atoms with Crippen molar-refractivity contribution in [2.75, 3.05) is 19.8 Å². The molecule has 0 saturated carbocycles. The third-order valence-electron chi connectivity index (χ3n) is 3.81. The molecular formula is C14H18ClFN2O2. The first kappa shape index (κ1) is 15.2. The van der Waals surface area contributed by atoms with Gasteiger partial charge in [-0.15, -0.1) is 0 Å². The normalized spacial score (nSPS) is 17.8. The van der Waals surface area contributed by atoms with E-state index in [9.17, 15) is 9.18 Å². The maximum Gasteiger partial charge on any atom is 0.227 e. The van der Waals surface area contributed by atoms with E-state index in [-0.39, 0.29) is 19.0 Å². The summed E-state index contributed by atoms with van der Waals surface area (Å²) < 4.78 is 18.9. The molecule has 4 nitrogen and oxygen atoms in total. The summed E-state index contributed by atoms with van der Waals surface area (Å²) in [5, 5.41) is 3.05. The van der Waals surface area contributed by atoms with E-state index >= 15 is 0 Å². The first-order valence-corrected chi connectivity index (χ1v) is 6.96. The number of rotatable bonds is 4. The zero-order valence-corrected chi connectivity index (χ0v) is 11.9. The van der Waals surface area contributed by atoms with E-state index in [4.69, 9.17) is 22.1 Å². The van der Waals surface area contributed by atoms with Crippen molar-refractivity contribution >= 4 is 17.5 Å². The van der Waals surface area contributed by atoms with Crippen molar-refractivity contribution < 1.29 is 13.9 Å². The molecule has 1 fully saturated rings. The first-order valence-electron chi connectivity index (χ1n) is 6.58. The SMILES string of the molecule is NCC1(C(=O)NCc2c(F)cccc2Cl)CCOCC1. The molecule has 1 aromatic carbocycles. The lowest BCUT2D eigenvalue weighted by Crippen LogP contribution is -2.49. The Morgan fingerprint density at radius 3 is 2.75 bits per heavy atom. The van der Waals surface area contributed by atoms with Crippen LogP contribution in [0.2, 0.25) is 5.02 Å². The van der Waals surface area contributed by atoms with Crippen LogP contribution in [-0.4, -0.2) is 25.7 Å². The Balaban J connectivity index is 2.04. The number of ether oxygens (including phenoxy) is 1. The third kappa shape index (κ3) is 3.11. The Hall–Kier alpha value is -1.17. The number of hydrogen-bond donors (Lipinski definition) is 2. The summed E-state index contributed by atoms with van der Waals surface area (Å²) in [5.74, 6) is -0.589. The molecule has 0 bridgehead atoms. The molecule has 0 aliphatic carbocycles. The number of nitrogens with one attached hydrogen (secondary N) is 1. The fraction of sp³-hybridized carbons (Fsp3) is 0.500. The Bertz CT molecular complexity index is 470. The van der Waals surface area contributed by atoms with Gasteiger partial charge < -0.3 is 15.8 Å². The van der Waals surface area contributed by atoms with Gasteiger partial charge in [-0.3, -0.25) is 4.79 Å². The second-order valence-electron chi connectivity index (χ2n) is 4.98. The maximum absolute atomic E-state index is 13.6. The van der Waals surface area contributed by atoms with Gasteiger partial charge in [-0.1, -0.05) is 17.7 Å². The van der Waals surface area contributed by atoms with Gasteiger partial charge >= 0.3 is 0 Å². The van der Waals surface area contributed by atoms with Crippen LogP contribution in [0.3, 0.4) is 0 Å². The lowest BCUT2D eigenvalue weighted by Gasteiger charge is -2.34. The first-order chi connectivity index (χ1) is 9.59. The van der Waals surface area contributed by atoms with Crippen molar-refractivity contribution in [3.8, 4) is 0 Å². The van der Waals surface area contributed by atoms with Crippen molar-refractivity contribution in [3.63, 3.8) is 0 Å². The van der Waals surface area contributed by atoms with Crippen LogP contribution in [0.1, 0.15) is 18.4 Å². The Labute approximate surface area is 122 Å². The molecule has 2 rings (SSSR count). The average molecular weight is 301 g/mol. The minimum Gasteiger partial charge on any atom is -0.381 e. The van der Waals surface area contributed by atoms with Crippen LogP contribution in [0.25, 0.3) is 0 Å². The highest BCUT2D eigenvalue weighted by atomic mass is 35.5. The minimum absolute atomic E-state index is 0.0624. The molecule has 0 radical (unpaired) electrons. The van der Waals surface area contributed by atoms with Crippen LogP contribution in [0.4, 0.5) is 4.39 Å². The summed E-state index contributed by atoms with van der Waals surface area (Å²) in [5.41, 5.74) is 5.43. The van der Waals surface area contributed by atoms with Crippen molar-refractivity contribution in [1.82, 2.24) is 5.32 Å². The highest BCUT2D eigenvalue weighted by molar-refractivity contribution is 6.31. The summed E-state index contributed by atoms with van der Waals surface area (Å²) in [6.45, 7) is 1.36. The lowest BCUT2D eigenvalue weighted by atomic mass is 9.79. The van der Waals surface area contributed by atoms with Crippen LogP contribution in [0.15, 0.2) is 18.2 Å². The van der Waals surface area contributed by atoms with E-state index < -0.39 is 11.2 Å².